The average Bonchev–Trinajstić information content (AvgIpc) is 2.19. The van der Waals surface area contributed by atoms with E-state index in [0.717, 1.165) is 0 Å². The van der Waals surface area contributed by atoms with E-state index in [2.05, 4.69) is 4.98 Å². The first-order valence-corrected chi connectivity index (χ1v) is 5.40. The largest absolute Gasteiger partial charge is 0.480 e. The van der Waals surface area contributed by atoms with Gasteiger partial charge in [-0.15, -0.1) is 0 Å². The van der Waals surface area contributed by atoms with Gasteiger partial charge in [-0.05, 0) is 5.92 Å². The van der Waals surface area contributed by atoms with Crippen molar-refractivity contribution in [3.63, 3.8) is 0 Å². The van der Waals surface area contributed by atoms with Crippen molar-refractivity contribution in [2.24, 2.45) is 5.92 Å². The van der Waals surface area contributed by atoms with E-state index < -0.39 is 5.97 Å². The Balaban J connectivity index is 3.01. The third-order valence-electron chi connectivity index (χ3n) is 2.19. The molecule has 0 bridgehead atoms. The van der Waals surface area contributed by atoms with Gasteiger partial charge in [-0.1, -0.05) is 13.8 Å². The second-order valence-electron chi connectivity index (χ2n) is 4.35. The summed E-state index contributed by atoms with van der Waals surface area (Å²) in [7, 11) is 1.54. The van der Waals surface area contributed by atoms with E-state index in [4.69, 9.17) is 5.11 Å². The minimum absolute atomic E-state index is 0.163. The van der Waals surface area contributed by atoms with Crippen LogP contribution < -0.4 is 10.5 Å². The number of carboxylic acid groups (broad SMARTS) is 1. The van der Waals surface area contributed by atoms with Gasteiger partial charge in [-0.3, -0.25) is 9.59 Å². The van der Waals surface area contributed by atoms with Gasteiger partial charge in [0.2, 0.25) is 0 Å². The molecule has 1 N–H and O–H groups in total. The van der Waals surface area contributed by atoms with Crippen LogP contribution in [0.15, 0.2) is 17.2 Å². The molecule has 6 heteroatoms. The summed E-state index contributed by atoms with van der Waals surface area (Å²) < 4.78 is 1.55. The minimum atomic E-state index is -0.993. The Kier molecular flexibility index (Phi) is 4.25. The second kappa shape index (κ2) is 5.47. The van der Waals surface area contributed by atoms with E-state index in [0.29, 0.717) is 12.5 Å². The van der Waals surface area contributed by atoms with Crippen LogP contribution in [0.2, 0.25) is 0 Å². The molecular weight excluding hydrogens is 222 g/mol. The maximum absolute atomic E-state index is 12.0. The first-order chi connectivity index (χ1) is 7.91. The summed E-state index contributed by atoms with van der Waals surface area (Å²) in [5, 5.41) is 8.67. The fourth-order valence-electron chi connectivity index (χ4n) is 1.51. The fraction of sp³-hybridized carbons (Fsp3) is 0.545. The molecule has 0 aliphatic rings. The normalized spacial score (nSPS) is 10.6. The van der Waals surface area contributed by atoms with E-state index in [1.807, 2.05) is 13.8 Å². The summed E-state index contributed by atoms with van der Waals surface area (Å²) in [6.07, 6.45) is 3.12. The maximum atomic E-state index is 12.0. The second-order valence-corrected chi connectivity index (χ2v) is 4.35. The van der Waals surface area contributed by atoms with Crippen molar-refractivity contribution < 1.29 is 9.90 Å². The van der Waals surface area contributed by atoms with Gasteiger partial charge in [0.05, 0.1) is 0 Å². The number of carbonyl (C=O) groups is 1. The van der Waals surface area contributed by atoms with Crippen LogP contribution in [0.1, 0.15) is 13.8 Å². The van der Waals surface area contributed by atoms with Crippen molar-refractivity contribution in [1.82, 2.24) is 9.55 Å². The average molecular weight is 239 g/mol. The van der Waals surface area contributed by atoms with Crippen LogP contribution in [0.4, 0.5) is 5.82 Å². The molecule has 0 saturated carbocycles. The molecule has 17 heavy (non-hydrogen) atoms. The van der Waals surface area contributed by atoms with Crippen molar-refractivity contribution in [1.29, 1.82) is 0 Å². The van der Waals surface area contributed by atoms with Gasteiger partial charge < -0.3 is 14.6 Å². The summed E-state index contributed by atoms with van der Waals surface area (Å²) in [5.74, 6) is -0.490. The van der Waals surface area contributed by atoms with Crippen LogP contribution in [0.5, 0.6) is 0 Å². The molecule has 0 atom stereocenters. The number of hydrogen-bond acceptors (Lipinski definition) is 4. The zero-order chi connectivity index (χ0) is 13.0. The van der Waals surface area contributed by atoms with E-state index in [1.54, 1.807) is 10.8 Å². The summed E-state index contributed by atoms with van der Waals surface area (Å²) in [6.45, 7) is 4.37. The SMILES string of the molecule is CC(C)Cn1ccnc(N(C)CC(=O)O)c1=O. The Morgan fingerprint density at radius 1 is 1.59 bits per heavy atom. The van der Waals surface area contributed by atoms with Crippen LogP contribution in [0, 0.1) is 5.92 Å². The first kappa shape index (κ1) is 13.2. The van der Waals surface area contributed by atoms with Crippen LogP contribution in [0.3, 0.4) is 0 Å². The monoisotopic (exact) mass is 239 g/mol. The van der Waals surface area contributed by atoms with Crippen molar-refractivity contribution in [2.45, 2.75) is 20.4 Å². The fourth-order valence-corrected chi connectivity index (χ4v) is 1.51. The summed E-state index contributed by atoms with van der Waals surface area (Å²) in [6, 6.07) is 0. The number of aromatic nitrogens is 2. The topological polar surface area (TPSA) is 75.4 Å². The molecule has 6 nitrogen and oxygen atoms in total. The predicted molar refractivity (Wildman–Crippen MR) is 64.2 cm³/mol. The Hall–Kier alpha value is -1.85. The number of rotatable bonds is 5. The molecule has 1 aromatic heterocycles. The number of nitrogens with zero attached hydrogens (tertiary/aromatic N) is 3. The molecule has 0 spiro atoms. The highest BCUT2D eigenvalue weighted by molar-refractivity contribution is 5.72. The highest BCUT2D eigenvalue weighted by atomic mass is 16.4. The zero-order valence-corrected chi connectivity index (χ0v) is 10.3. The molecule has 0 fully saturated rings. The molecule has 1 heterocycles. The standard InChI is InChI=1S/C11H17N3O3/c1-8(2)6-14-5-4-12-10(11(14)17)13(3)7-9(15)16/h4-5,8H,6-7H2,1-3H3,(H,15,16). The highest BCUT2D eigenvalue weighted by Crippen LogP contribution is 2.02. The van der Waals surface area contributed by atoms with Gasteiger partial charge >= 0.3 is 5.97 Å². The van der Waals surface area contributed by atoms with E-state index in [1.165, 1.54) is 18.1 Å². The molecule has 1 aromatic rings. The quantitative estimate of drug-likeness (QED) is 0.806. The molecule has 0 aliphatic heterocycles. The van der Waals surface area contributed by atoms with Crippen LogP contribution in [0.25, 0.3) is 0 Å². The van der Waals surface area contributed by atoms with Gasteiger partial charge in [-0.25, -0.2) is 4.98 Å². The minimum Gasteiger partial charge on any atom is -0.480 e. The summed E-state index contributed by atoms with van der Waals surface area (Å²) >= 11 is 0. The predicted octanol–water partition coefficient (Wildman–Crippen LogP) is 0.420. The van der Waals surface area contributed by atoms with Crippen LogP contribution in [-0.2, 0) is 11.3 Å². The Bertz CT molecular complexity index is 454. The maximum Gasteiger partial charge on any atom is 0.323 e. The van der Waals surface area contributed by atoms with E-state index in [9.17, 15) is 9.59 Å². The van der Waals surface area contributed by atoms with Crippen molar-refractivity contribution >= 4 is 11.8 Å². The number of hydrogen-bond donors (Lipinski definition) is 1. The lowest BCUT2D eigenvalue weighted by molar-refractivity contribution is -0.135. The first-order valence-electron chi connectivity index (χ1n) is 5.40. The number of anilines is 1. The molecule has 0 amide bonds. The Morgan fingerprint density at radius 3 is 2.76 bits per heavy atom. The van der Waals surface area contributed by atoms with Gasteiger partial charge in [0.25, 0.3) is 5.56 Å². The van der Waals surface area contributed by atoms with Gasteiger partial charge in [-0.2, -0.15) is 0 Å². The molecule has 0 unspecified atom stereocenters. The summed E-state index contributed by atoms with van der Waals surface area (Å²) in [4.78, 5) is 27.8. The van der Waals surface area contributed by atoms with Crippen molar-refractivity contribution in [2.75, 3.05) is 18.5 Å². The lowest BCUT2D eigenvalue weighted by Crippen LogP contribution is -2.34. The van der Waals surface area contributed by atoms with Crippen molar-refractivity contribution in [3.8, 4) is 0 Å². The van der Waals surface area contributed by atoms with Crippen LogP contribution >= 0.6 is 0 Å². The number of aliphatic carboxylic acids is 1. The Labute approximate surface area is 99.5 Å². The van der Waals surface area contributed by atoms with E-state index in [-0.39, 0.29) is 17.9 Å². The molecule has 0 saturated heterocycles. The van der Waals surface area contributed by atoms with Crippen LogP contribution in [-0.4, -0.2) is 34.2 Å². The van der Waals surface area contributed by atoms with Gasteiger partial charge in [0, 0.05) is 26.0 Å². The van der Waals surface area contributed by atoms with Gasteiger partial charge in [0.1, 0.15) is 6.54 Å². The molecule has 0 aromatic carbocycles. The van der Waals surface area contributed by atoms with Crippen molar-refractivity contribution in [3.05, 3.63) is 22.7 Å². The Morgan fingerprint density at radius 2 is 2.24 bits per heavy atom. The zero-order valence-electron chi connectivity index (χ0n) is 10.3. The van der Waals surface area contributed by atoms with Gasteiger partial charge in [0.15, 0.2) is 5.82 Å². The molecular formula is C11H17N3O3. The third kappa shape index (κ3) is 3.58. The molecule has 1 rings (SSSR count). The summed E-state index contributed by atoms with van der Waals surface area (Å²) in [5.41, 5.74) is -0.259. The lowest BCUT2D eigenvalue weighted by Gasteiger charge is -2.16. The number of likely N-dealkylation sites (N-methyl/N-ethyl adjacent to an activating group) is 1. The smallest absolute Gasteiger partial charge is 0.323 e. The molecule has 94 valence electrons. The highest BCUT2D eigenvalue weighted by Gasteiger charge is 2.12. The lowest BCUT2D eigenvalue weighted by atomic mass is 10.2. The number of carboxylic acids is 1. The molecule has 0 radical (unpaired) electrons. The molecule has 0 aliphatic carbocycles. The third-order valence-corrected chi connectivity index (χ3v) is 2.19. The van der Waals surface area contributed by atoms with E-state index >= 15 is 0 Å².